The molecule has 0 spiro atoms. The van der Waals surface area contributed by atoms with Crippen molar-refractivity contribution in [2.75, 3.05) is 26.3 Å². The molecule has 0 saturated carbocycles. The molecule has 0 saturated heterocycles. The van der Waals surface area contributed by atoms with E-state index in [0.29, 0.717) is 26.3 Å². The van der Waals surface area contributed by atoms with Crippen molar-refractivity contribution in [3.05, 3.63) is 73.8 Å². The molecular formula is C26H32N2O4. The van der Waals surface area contributed by atoms with Gasteiger partial charge in [0.25, 0.3) is 0 Å². The van der Waals surface area contributed by atoms with E-state index in [2.05, 4.69) is 23.8 Å². The zero-order valence-corrected chi connectivity index (χ0v) is 18.5. The van der Waals surface area contributed by atoms with Gasteiger partial charge in [0.05, 0.1) is 13.2 Å². The molecule has 0 radical (unpaired) electrons. The monoisotopic (exact) mass is 436 g/mol. The van der Waals surface area contributed by atoms with Crippen molar-refractivity contribution in [1.29, 1.82) is 0 Å². The van der Waals surface area contributed by atoms with Crippen LogP contribution in [0.3, 0.4) is 0 Å². The zero-order chi connectivity index (χ0) is 23.0. The number of hydrogen-bond donors (Lipinski definition) is 2. The predicted octanol–water partition coefficient (Wildman–Crippen LogP) is 4.28. The Morgan fingerprint density at radius 1 is 0.688 bits per heavy atom. The van der Waals surface area contributed by atoms with Crippen molar-refractivity contribution in [2.24, 2.45) is 0 Å². The molecule has 170 valence electrons. The molecule has 0 aliphatic rings. The van der Waals surface area contributed by atoms with E-state index in [4.69, 9.17) is 9.47 Å². The third-order valence-electron chi connectivity index (χ3n) is 4.69. The van der Waals surface area contributed by atoms with Gasteiger partial charge in [-0.3, -0.25) is 9.59 Å². The Balaban J connectivity index is 1.89. The quantitative estimate of drug-likeness (QED) is 0.323. The van der Waals surface area contributed by atoms with Gasteiger partial charge in [0.15, 0.2) is 0 Å². The number of ether oxygens (including phenoxy) is 2. The summed E-state index contributed by atoms with van der Waals surface area (Å²) in [5, 5.41) is 5.52. The maximum Gasteiger partial charge on any atom is 0.243 e. The molecule has 2 rings (SSSR count). The first-order valence-electron chi connectivity index (χ1n) is 10.9. The largest absolute Gasteiger partial charge is 0.493 e. The number of benzene rings is 2. The first-order chi connectivity index (χ1) is 15.7. The lowest BCUT2D eigenvalue weighted by atomic mass is 10.0. The Hall–Kier alpha value is -3.54. The lowest BCUT2D eigenvalue weighted by Crippen LogP contribution is -2.22. The van der Waals surface area contributed by atoms with Gasteiger partial charge in [-0.05, 0) is 50.0 Å². The van der Waals surface area contributed by atoms with Crippen LogP contribution in [0.15, 0.2) is 73.8 Å². The molecule has 0 aliphatic heterocycles. The van der Waals surface area contributed by atoms with Gasteiger partial charge in [-0.2, -0.15) is 0 Å². The Morgan fingerprint density at radius 3 is 1.50 bits per heavy atom. The number of para-hydroxylation sites is 2. The maximum atomic E-state index is 11.2. The molecule has 6 heteroatoms. The normalized spacial score (nSPS) is 10.1. The zero-order valence-electron chi connectivity index (χ0n) is 18.5. The highest BCUT2D eigenvalue weighted by Crippen LogP contribution is 2.36. The van der Waals surface area contributed by atoms with Crippen molar-refractivity contribution >= 4 is 11.8 Å². The topological polar surface area (TPSA) is 76.7 Å². The highest BCUT2D eigenvalue weighted by Gasteiger charge is 2.11. The summed E-state index contributed by atoms with van der Waals surface area (Å²) in [6.07, 6.45) is 5.85. The van der Waals surface area contributed by atoms with Gasteiger partial charge in [-0.15, -0.1) is 0 Å². The van der Waals surface area contributed by atoms with E-state index in [-0.39, 0.29) is 11.8 Å². The minimum absolute atomic E-state index is 0.158. The number of hydrogen-bond acceptors (Lipinski definition) is 4. The molecule has 0 heterocycles. The minimum Gasteiger partial charge on any atom is -0.493 e. The second kappa shape index (κ2) is 14.5. The smallest absolute Gasteiger partial charge is 0.243 e. The van der Waals surface area contributed by atoms with Crippen LogP contribution in [0.5, 0.6) is 11.5 Å². The fourth-order valence-corrected chi connectivity index (χ4v) is 3.02. The summed E-state index contributed by atoms with van der Waals surface area (Å²) in [6.45, 7) is 9.19. The molecule has 2 amide bonds. The number of carbonyl (C=O) groups excluding carboxylic acids is 2. The molecule has 32 heavy (non-hydrogen) atoms. The van der Waals surface area contributed by atoms with Crippen molar-refractivity contribution < 1.29 is 19.1 Å². The summed E-state index contributed by atoms with van der Waals surface area (Å²) in [7, 11) is 0. The molecule has 0 atom stereocenters. The van der Waals surface area contributed by atoms with Gasteiger partial charge in [-0.25, -0.2) is 0 Å². The van der Waals surface area contributed by atoms with Crippen LogP contribution in [-0.2, 0) is 9.59 Å². The lowest BCUT2D eigenvalue weighted by molar-refractivity contribution is -0.117. The molecule has 0 unspecified atom stereocenters. The third kappa shape index (κ3) is 8.68. The lowest BCUT2D eigenvalue weighted by Gasteiger charge is -2.15. The SMILES string of the molecule is C=CC(=O)NCCCCOc1ccccc1-c1ccccc1OCCCCNC(=O)C=C. The molecule has 2 aromatic carbocycles. The van der Waals surface area contributed by atoms with E-state index in [1.165, 1.54) is 12.2 Å². The van der Waals surface area contributed by atoms with Crippen LogP contribution in [0.4, 0.5) is 0 Å². The summed E-state index contributed by atoms with van der Waals surface area (Å²) in [5.41, 5.74) is 1.95. The van der Waals surface area contributed by atoms with Crippen LogP contribution in [0.2, 0.25) is 0 Å². The fraction of sp³-hybridized carbons (Fsp3) is 0.308. The molecule has 2 N–H and O–H groups in total. The van der Waals surface area contributed by atoms with Gasteiger partial charge < -0.3 is 20.1 Å². The average molecular weight is 437 g/mol. The third-order valence-corrected chi connectivity index (χ3v) is 4.69. The highest BCUT2D eigenvalue weighted by atomic mass is 16.5. The second-order valence-corrected chi connectivity index (χ2v) is 7.09. The molecule has 0 fully saturated rings. The molecule has 0 bridgehead atoms. The Kier molecular flexibility index (Phi) is 11.2. The summed E-state index contributed by atoms with van der Waals surface area (Å²) in [5.74, 6) is 1.28. The number of amides is 2. The van der Waals surface area contributed by atoms with E-state index in [1.54, 1.807) is 0 Å². The summed E-state index contributed by atoms with van der Waals surface area (Å²) < 4.78 is 12.1. The molecule has 2 aromatic rings. The predicted molar refractivity (Wildman–Crippen MR) is 128 cm³/mol. The number of nitrogens with one attached hydrogen (secondary N) is 2. The van der Waals surface area contributed by atoms with E-state index in [0.717, 1.165) is 48.3 Å². The van der Waals surface area contributed by atoms with Crippen LogP contribution in [0.25, 0.3) is 11.1 Å². The van der Waals surface area contributed by atoms with Crippen LogP contribution < -0.4 is 20.1 Å². The van der Waals surface area contributed by atoms with Crippen molar-refractivity contribution in [3.8, 4) is 22.6 Å². The van der Waals surface area contributed by atoms with Gasteiger partial charge in [-0.1, -0.05) is 49.6 Å². The van der Waals surface area contributed by atoms with Crippen LogP contribution in [0.1, 0.15) is 25.7 Å². The Labute approximate surface area is 190 Å². The van der Waals surface area contributed by atoms with E-state index >= 15 is 0 Å². The average Bonchev–Trinajstić information content (AvgIpc) is 2.83. The standard InChI is InChI=1S/C26H32N2O4/c1-3-25(29)27-17-9-11-19-31-23-15-7-5-13-21(23)22-14-6-8-16-24(22)32-20-12-10-18-28-26(30)4-2/h3-8,13-16H,1-2,9-12,17-20H2,(H,27,29)(H,28,30). The van der Waals surface area contributed by atoms with Gasteiger partial charge >= 0.3 is 0 Å². The van der Waals surface area contributed by atoms with Crippen LogP contribution >= 0.6 is 0 Å². The van der Waals surface area contributed by atoms with Gasteiger partial charge in [0, 0.05) is 24.2 Å². The van der Waals surface area contributed by atoms with E-state index in [1.807, 2.05) is 48.5 Å². The van der Waals surface area contributed by atoms with Crippen molar-refractivity contribution in [1.82, 2.24) is 10.6 Å². The summed E-state index contributed by atoms with van der Waals surface area (Å²) in [4.78, 5) is 22.3. The number of unbranched alkanes of at least 4 members (excludes halogenated alkanes) is 2. The molecular weight excluding hydrogens is 404 g/mol. The van der Waals surface area contributed by atoms with Crippen molar-refractivity contribution in [3.63, 3.8) is 0 Å². The van der Waals surface area contributed by atoms with Gasteiger partial charge in [0.1, 0.15) is 11.5 Å². The number of carbonyl (C=O) groups is 2. The van der Waals surface area contributed by atoms with Gasteiger partial charge in [0.2, 0.25) is 11.8 Å². The summed E-state index contributed by atoms with van der Waals surface area (Å²) in [6, 6.07) is 15.8. The van der Waals surface area contributed by atoms with E-state index < -0.39 is 0 Å². The van der Waals surface area contributed by atoms with Crippen LogP contribution in [0, 0.1) is 0 Å². The van der Waals surface area contributed by atoms with Crippen LogP contribution in [-0.4, -0.2) is 38.1 Å². The minimum atomic E-state index is -0.158. The molecule has 0 aromatic heterocycles. The Bertz CT molecular complexity index is 821. The highest BCUT2D eigenvalue weighted by molar-refractivity contribution is 5.87. The Morgan fingerprint density at radius 2 is 1.09 bits per heavy atom. The van der Waals surface area contributed by atoms with E-state index in [9.17, 15) is 9.59 Å². The molecule has 6 nitrogen and oxygen atoms in total. The first kappa shape index (κ1) is 24.7. The first-order valence-corrected chi connectivity index (χ1v) is 10.9. The van der Waals surface area contributed by atoms with Crippen molar-refractivity contribution in [2.45, 2.75) is 25.7 Å². The molecule has 0 aliphatic carbocycles. The maximum absolute atomic E-state index is 11.2. The fourth-order valence-electron chi connectivity index (χ4n) is 3.02. The summed E-state index contributed by atoms with van der Waals surface area (Å²) >= 11 is 0. The second-order valence-electron chi connectivity index (χ2n) is 7.09. The number of rotatable bonds is 15.